The maximum atomic E-state index is 13.9. The lowest BCUT2D eigenvalue weighted by Crippen LogP contribution is -2.47. The average molecular weight is 825 g/mol. The first-order valence-corrected chi connectivity index (χ1v) is 21.2. The maximum absolute atomic E-state index is 13.9. The lowest BCUT2D eigenvalue weighted by atomic mass is 9.95. The Balaban J connectivity index is 1.02. The van der Waals surface area contributed by atoms with E-state index in [0.29, 0.717) is 63.8 Å². The Labute approximate surface area is 340 Å². The van der Waals surface area contributed by atoms with Crippen molar-refractivity contribution in [3.05, 3.63) is 116 Å². The molecule has 3 aromatic carbocycles. The number of benzene rings is 3. The van der Waals surface area contributed by atoms with Crippen LogP contribution in [-0.4, -0.2) is 85.0 Å². The molecule has 4 heterocycles. The number of piperazine rings is 1. The average Bonchev–Trinajstić information content (AvgIpc) is 3.60. The summed E-state index contributed by atoms with van der Waals surface area (Å²) < 4.78 is 41.0. The Morgan fingerprint density at radius 2 is 1.73 bits per heavy atom. The lowest BCUT2D eigenvalue weighted by molar-refractivity contribution is -0.385. The highest BCUT2D eigenvalue weighted by Gasteiger charge is 2.32. The van der Waals surface area contributed by atoms with Crippen LogP contribution in [0.5, 0.6) is 11.5 Å². The Morgan fingerprint density at radius 3 is 2.51 bits per heavy atom. The molecule has 5 aromatic rings. The normalized spacial score (nSPS) is 17.8. The van der Waals surface area contributed by atoms with Crippen LogP contribution in [0.4, 0.5) is 22.7 Å². The molecule has 2 fully saturated rings. The van der Waals surface area contributed by atoms with Crippen LogP contribution >= 0.6 is 0 Å². The van der Waals surface area contributed by atoms with Crippen LogP contribution in [0.1, 0.15) is 59.6 Å². The first-order valence-electron chi connectivity index (χ1n) is 19.7. The van der Waals surface area contributed by atoms with Gasteiger partial charge in [0.1, 0.15) is 22.8 Å². The van der Waals surface area contributed by atoms with Gasteiger partial charge >= 0.3 is 0 Å². The van der Waals surface area contributed by atoms with Gasteiger partial charge in [-0.25, -0.2) is 18.1 Å². The fourth-order valence-electron chi connectivity index (χ4n) is 8.32. The molecule has 0 spiro atoms. The highest BCUT2D eigenvalue weighted by molar-refractivity contribution is 7.90. The van der Waals surface area contributed by atoms with Crippen molar-refractivity contribution in [1.29, 1.82) is 0 Å². The molecule has 2 aromatic heterocycles. The number of rotatable bonds is 12. The number of pyridine rings is 1. The molecule has 2 saturated heterocycles. The molecule has 308 valence electrons. The lowest BCUT2D eigenvalue weighted by Gasteiger charge is -2.40. The van der Waals surface area contributed by atoms with Crippen molar-refractivity contribution >= 4 is 49.7 Å². The van der Waals surface area contributed by atoms with Crippen molar-refractivity contribution in [2.45, 2.75) is 49.5 Å². The fraction of sp³-hybridized carbons (Fsp3) is 0.366. The van der Waals surface area contributed by atoms with Crippen LogP contribution < -0.4 is 19.7 Å². The number of hydrogen-bond donors (Lipinski definition) is 3. The molecule has 0 bridgehead atoms. The number of carbonyl (C=O) groups excluding carboxylic acids is 1. The number of H-pyrrole nitrogens is 1. The van der Waals surface area contributed by atoms with E-state index in [1.54, 1.807) is 36.5 Å². The number of nitro benzene ring substituents is 2. The van der Waals surface area contributed by atoms with Crippen LogP contribution in [0.15, 0.2) is 84.0 Å². The van der Waals surface area contributed by atoms with Crippen LogP contribution in [0, 0.1) is 26.1 Å². The van der Waals surface area contributed by atoms with Gasteiger partial charge in [0.05, 0.1) is 26.5 Å². The Bertz CT molecular complexity index is 2500. The molecule has 1 amide bonds. The van der Waals surface area contributed by atoms with Gasteiger partial charge in [-0.05, 0) is 80.0 Å². The van der Waals surface area contributed by atoms with Crippen LogP contribution in [-0.2, 0) is 21.2 Å². The first kappa shape index (κ1) is 39.7. The molecular weight excluding hydrogens is 781 g/mol. The molecule has 0 saturated carbocycles. The number of aromatic amines is 1. The molecule has 2 aliphatic heterocycles. The van der Waals surface area contributed by atoms with Crippen molar-refractivity contribution in [2.24, 2.45) is 5.92 Å². The minimum atomic E-state index is -4.58. The predicted molar refractivity (Wildman–Crippen MR) is 220 cm³/mol. The third-order valence-electron chi connectivity index (χ3n) is 11.5. The van der Waals surface area contributed by atoms with E-state index in [1.165, 1.54) is 24.4 Å². The number of nitrogens with zero attached hydrogens (tertiary/aromatic N) is 5. The van der Waals surface area contributed by atoms with E-state index in [0.717, 1.165) is 60.4 Å². The third-order valence-corrected chi connectivity index (χ3v) is 12.8. The molecule has 1 atom stereocenters. The van der Waals surface area contributed by atoms with Gasteiger partial charge in [0, 0.05) is 93.0 Å². The zero-order valence-electron chi connectivity index (χ0n) is 32.2. The third kappa shape index (κ3) is 8.69. The number of sulfonamides is 1. The van der Waals surface area contributed by atoms with E-state index in [2.05, 4.69) is 29.8 Å². The Hall–Kier alpha value is -6.11. The number of aromatic nitrogens is 2. The summed E-state index contributed by atoms with van der Waals surface area (Å²) >= 11 is 0. The number of hydrogen-bond acceptors (Lipinski definition) is 13. The van der Waals surface area contributed by atoms with Gasteiger partial charge < -0.3 is 24.7 Å². The summed E-state index contributed by atoms with van der Waals surface area (Å²) in [7, 11) is -4.58. The number of ether oxygens (including phenoxy) is 2. The predicted octanol–water partition coefficient (Wildman–Crippen LogP) is 6.72. The largest absolute Gasteiger partial charge is 0.455 e. The van der Waals surface area contributed by atoms with Crippen LogP contribution in [0.2, 0.25) is 0 Å². The van der Waals surface area contributed by atoms with Crippen LogP contribution in [0.25, 0.3) is 11.0 Å². The van der Waals surface area contributed by atoms with E-state index in [1.807, 2.05) is 12.1 Å². The number of nitrogens with one attached hydrogen (secondary N) is 3. The summed E-state index contributed by atoms with van der Waals surface area (Å²) in [6, 6.07) is 17.4. The van der Waals surface area contributed by atoms with Crippen molar-refractivity contribution < 1.29 is 32.5 Å². The van der Waals surface area contributed by atoms with E-state index in [4.69, 9.17) is 9.47 Å². The second-order valence-electron chi connectivity index (χ2n) is 15.1. The first-order chi connectivity index (χ1) is 28.5. The van der Waals surface area contributed by atoms with Crippen LogP contribution in [0.3, 0.4) is 0 Å². The zero-order valence-corrected chi connectivity index (χ0v) is 33.0. The van der Waals surface area contributed by atoms with Gasteiger partial charge in [-0.15, -0.1) is 0 Å². The van der Waals surface area contributed by atoms with E-state index < -0.39 is 31.4 Å². The van der Waals surface area contributed by atoms with Crippen molar-refractivity contribution in [2.75, 3.05) is 56.2 Å². The molecule has 0 radical (unpaired) electrons. The summed E-state index contributed by atoms with van der Waals surface area (Å²) in [5.74, 6) is -0.330. The topological polar surface area (TPSA) is 215 Å². The standard InChI is InChI=1S/C41H44N8O9S/c50-41(45-59(55,56)31-9-11-35(38(24-31)49(53)54)43-25-27-13-20-57-21-14-27)34-10-8-29(23-39(34)58-30-22-28-12-15-42-40(28)44-26-30)46-16-18-47(19-17-46)36-6-2-1-4-33-32(36)5-3-7-37(33)48(51)52/h3,5,7-12,15,22-24,26-27,36,43H,1-2,4,6,13-14,16-21,25H2,(H,42,44)(H,45,50)/t36-/m1/s1. The van der Waals surface area contributed by atoms with E-state index in [-0.39, 0.29) is 39.6 Å². The number of fused-ring (bicyclic) bond motifs is 2. The molecular formula is C41H44N8O9S. The summed E-state index contributed by atoms with van der Waals surface area (Å²) in [6.07, 6.45) is 8.30. The maximum Gasteiger partial charge on any atom is 0.293 e. The van der Waals surface area contributed by atoms with Crippen molar-refractivity contribution in [1.82, 2.24) is 19.6 Å². The van der Waals surface area contributed by atoms with Gasteiger partial charge in [0.15, 0.2) is 0 Å². The minimum Gasteiger partial charge on any atom is -0.455 e. The van der Waals surface area contributed by atoms with Gasteiger partial charge in [-0.3, -0.25) is 29.9 Å². The number of anilines is 2. The minimum absolute atomic E-state index is 0.0586. The molecule has 59 heavy (non-hydrogen) atoms. The molecule has 17 nitrogen and oxygen atoms in total. The molecule has 1 aliphatic carbocycles. The second-order valence-corrected chi connectivity index (χ2v) is 16.7. The molecule has 18 heteroatoms. The zero-order chi connectivity index (χ0) is 41.1. The monoisotopic (exact) mass is 824 g/mol. The number of nitro groups is 2. The van der Waals surface area contributed by atoms with Gasteiger partial charge in [0.25, 0.3) is 27.3 Å². The van der Waals surface area contributed by atoms with Gasteiger partial charge in [-0.1, -0.05) is 18.6 Å². The highest BCUT2D eigenvalue weighted by atomic mass is 32.2. The second kappa shape index (κ2) is 17.0. The summed E-state index contributed by atoms with van der Waals surface area (Å²) in [4.78, 5) is 48.3. The summed E-state index contributed by atoms with van der Waals surface area (Å²) in [5, 5.41) is 27.7. The van der Waals surface area contributed by atoms with Crippen molar-refractivity contribution in [3.8, 4) is 11.5 Å². The van der Waals surface area contributed by atoms with Crippen molar-refractivity contribution in [3.63, 3.8) is 0 Å². The van der Waals surface area contributed by atoms with Gasteiger partial charge in [0.2, 0.25) is 0 Å². The molecule has 3 N–H and O–H groups in total. The van der Waals surface area contributed by atoms with E-state index >= 15 is 0 Å². The number of carbonyl (C=O) groups is 1. The molecule has 8 rings (SSSR count). The highest BCUT2D eigenvalue weighted by Crippen LogP contribution is 2.39. The fourth-order valence-corrected chi connectivity index (χ4v) is 9.30. The molecule has 0 unspecified atom stereocenters. The summed E-state index contributed by atoms with van der Waals surface area (Å²) in [6.45, 7) is 4.32. The smallest absolute Gasteiger partial charge is 0.293 e. The van der Waals surface area contributed by atoms with E-state index in [9.17, 15) is 33.4 Å². The summed E-state index contributed by atoms with van der Waals surface area (Å²) in [5.41, 5.74) is 3.06. The van der Waals surface area contributed by atoms with Gasteiger partial charge in [-0.2, -0.15) is 0 Å². The quantitative estimate of drug-likeness (QED) is 0.0678. The Kier molecular flexibility index (Phi) is 11.4. The molecule has 3 aliphatic rings. The SMILES string of the molecule is O=C(NS(=O)(=O)c1ccc(NCC2CCOCC2)c([N+](=O)[O-])c1)c1ccc(N2CCN([C@@H]3CCCCc4c3cccc4[N+](=O)[O-])CC2)cc1Oc1cnc2[nH]ccc2c1. The number of amides is 1. The Morgan fingerprint density at radius 1 is 0.932 bits per heavy atom.